The fourth-order valence-electron chi connectivity index (χ4n) is 3.35. The minimum absolute atomic E-state index is 0.0417. The predicted octanol–water partition coefficient (Wildman–Crippen LogP) is -0.00400. The molecule has 11 nitrogen and oxygen atoms in total. The highest BCUT2D eigenvalue weighted by molar-refractivity contribution is 5.94. The normalized spacial score (nSPS) is 15.2. The van der Waals surface area contributed by atoms with Crippen molar-refractivity contribution in [1.82, 2.24) is 16.0 Å². The van der Waals surface area contributed by atoms with Gasteiger partial charge in [-0.05, 0) is 56.3 Å². The lowest BCUT2D eigenvalue weighted by Gasteiger charge is -2.27. The van der Waals surface area contributed by atoms with E-state index in [0.717, 1.165) is 0 Å². The topological polar surface area (TPSA) is 197 Å². The van der Waals surface area contributed by atoms with Crippen molar-refractivity contribution in [2.24, 2.45) is 17.4 Å². The number of hydrogen-bond acceptors (Lipinski definition) is 7. The molecule has 196 valence electrons. The van der Waals surface area contributed by atoms with E-state index in [4.69, 9.17) is 11.5 Å². The number of nitrogens with two attached hydrogens (primary N) is 2. The van der Waals surface area contributed by atoms with Crippen molar-refractivity contribution in [3.8, 4) is 5.75 Å². The number of nitrogens with one attached hydrogen (secondary N) is 3. The molecular formula is C24H39N5O6. The number of aromatic hydroxyl groups is 1. The molecule has 0 aliphatic carbocycles. The molecule has 5 unspecified atom stereocenters. The first-order valence-corrected chi connectivity index (χ1v) is 11.9. The Hall–Kier alpha value is -3.18. The van der Waals surface area contributed by atoms with E-state index in [1.165, 1.54) is 19.1 Å². The summed E-state index contributed by atoms with van der Waals surface area (Å²) in [6.07, 6.45) is 1.94. The molecule has 0 aliphatic heterocycles. The van der Waals surface area contributed by atoms with Crippen LogP contribution in [0.3, 0.4) is 0 Å². The minimum Gasteiger partial charge on any atom is -0.508 e. The molecule has 0 spiro atoms. The second kappa shape index (κ2) is 14.9. The molecule has 11 heteroatoms. The van der Waals surface area contributed by atoms with Gasteiger partial charge in [0.1, 0.15) is 23.9 Å². The molecule has 0 heterocycles. The van der Waals surface area contributed by atoms with Crippen molar-refractivity contribution >= 4 is 23.7 Å². The van der Waals surface area contributed by atoms with Crippen LogP contribution in [0.4, 0.5) is 0 Å². The number of carboxylic acid groups (broad SMARTS) is 1. The van der Waals surface area contributed by atoms with Crippen LogP contribution >= 0.6 is 0 Å². The molecule has 0 bridgehead atoms. The average Bonchev–Trinajstić information content (AvgIpc) is 2.81. The third-order valence-corrected chi connectivity index (χ3v) is 5.78. The first-order chi connectivity index (χ1) is 16.5. The van der Waals surface area contributed by atoms with Gasteiger partial charge in [0.15, 0.2) is 0 Å². The molecular weight excluding hydrogens is 454 g/mol. The van der Waals surface area contributed by atoms with E-state index < -0.39 is 47.9 Å². The number of carbonyl (C=O) groups excluding carboxylic acids is 3. The Morgan fingerprint density at radius 2 is 1.51 bits per heavy atom. The molecule has 0 aliphatic rings. The number of rotatable bonds is 15. The lowest BCUT2D eigenvalue weighted by molar-refractivity contribution is -0.142. The molecule has 0 saturated carbocycles. The van der Waals surface area contributed by atoms with Crippen molar-refractivity contribution in [3.05, 3.63) is 29.8 Å². The third-order valence-electron chi connectivity index (χ3n) is 5.78. The van der Waals surface area contributed by atoms with Crippen LogP contribution in [0.5, 0.6) is 5.75 Å². The third kappa shape index (κ3) is 10.3. The van der Waals surface area contributed by atoms with Gasteiger partial charge >= 0.3 is 5.97 Å². The Morgan fingerprint density at radius 1 is 0.914 bits per heavy atom. The summed E-state index contributed by atoms with van der Waals surface area (Å²) >= 11 is 0. The maximum absolute atomic E-state index is 13.2. The molecule has 35 heavy (non-hydrogen) atoms. The van der Waals surface area contributed by atoms with Gasteiger partial charge in [0, 0.05) is 6.42 Å². The number of benzene rings is 1. The van der Waals surface area contributed by atoms with Gasteiger partial charge in [0.25, 0.3) is 0 Å². The van der Waals surface area contributed by atoms with Crippen LogP contribution in [0.2, 0.25) is 0 Å². The van der Waals surface area contributed by atoms with Crippen LogP contribution in [0, 0.1) is 5.92 Å². The molecule has 0 radical (unpaired) electrons. The summed E-state index contributed by atoms with van der Waals surface area (Å²) in [6, 6.07) is 2.07. The van der Waals surface area contributed by atoms with Crippen molar-refractivity contribution in [1.29, 1.82) is 0 Å². The fourth-order valence-corrected chi connectivity index (χ4v) is 3.35. The molecule has 1 rings (SSSR count). The van der Waals surface area contributed by atoms with Crippen LogP contribution < -0.4 is 27.4 Å². The van der Waals surface area contributed by atoms with Crippen LogP contribution in [-0.4, -0.2) is 64.6 Å². The van der Waals surface area contributed by atoms with E-state index in [1.807, 2.05) is 6.92 Å². The smallest absolute Gasteiger partial charge is 0.326 e. The highest BCUT2D eigenvalue weighted by atomic mass is 16.4. The van der Waals surface area contributed by atoms with Gasteiger partial charge < -0.3 is 37.6 Å². The zero-order valence-electron chi connectivity index (χ0n) is 20.6. The first-order valence-electron chi connectivity index (χ1n) is 11.9. The Bertz CT molecular complexity index is 845. The molecule has 1 aromatic carbocycles. The summed E-state index contributed by atoms with van der Waals surface area (Å²) in [7, 11) is 0. The van der Waals surface area contributed by atoms with E-state index in [-0.39, 0.29) is 24.5 Å². The Labute approximate surface area is 206 Å². The molecule has 9 N–H and O–H groups in total. The zero-order chi connectivity index (χ0) is 26.5. The van der Waals surface area contributed by atoms with Crippen LogP contribution in [-0.2, 0) is 25.6 Å². The maximum atomic E-state index is 13.2. The van der Waals surface area contributed by atoms with Crippen molar-refractivity contribution in [2.45, 2.75) is 77.0 Å². The molecule has 1 aromatic rings. The number of hydrogen-bond donors (Lipinski definition) is 7. The van der Waals surface area contributed by atoms with Crippen molar-refractivity contribution < 1.29 is 29.4 Å². The Kier molecular flexibility index (Phi) is 12.7. The monoisotopic (exact) mass is 493 g/mol. The molecule has 5 atom stereocenters. The summed E-state index contributed by atoms with van der Waals surface area (Å²) < 4.78 is 0. The van der Waals surface area contributed by atoms with E-state index in [2.05, 4.69) is 16.0 Å². The van der Waals surface area contributed by atoms with Crippen molar-refractivity contribution in [3.63, 3.8) is 0 Å². The van der Waals surface area contributed by atoms with Gasteiger partial charge in [-0.25, -0.2) is 4.79 Å². The zero-order valence-corrected chi connectivity index (χ0v) is 20.6. The number of unbranched alkanes of at least 4 members (excludes halogenated alkanes) is 1. The van der Waals surface area contributed by atoms with Gasteiger partial charge in [0.05, 0.1) is 6.04 Å². The van der Waals surface area contributed by atoms with Gasteiger partial charge in [-0.2, -0.15) is 0 Å². The molecule has 0 aromatic heterocycles. The van der Waals surface area contributed by atoms with E-state index >= 15 is 0 Å². The number of phenolic OH excluding ortho intramolecular Hbond substituents is 1. The fraction of sp³-hybridized carbons (Fsp3) is 0.583. The summed E-state index contributed by atoms with van der Waals surface area (Å²) in [4.78, 5) is 50.1. The van der Waals surface area contributed by atoms with Gasteiger partial charge in [0.2, 0.25) is 17.7 Å². The summed E-state index contributed by atoms with van der Waals surface area (Å²) in [5.74, 6) is -3.16. The van der Waals surface area contributed by atoms with Gasteiger partial charge in [-0.15, -0.1) is 0 Å². The van der Waals surface area contributed by atoms with E-state index in [0.29, 0.717) is 31.4 Å². The van der Waals surface area contributed by atoms with Crippen LogP contribution in [0.15, 0.2) is 24.3 Å². The first kappa shape index (κ1) is 29.9. The van der Waals surface area contributed by atoms with Crippen LogP contribution in [0.1, 0.15) is 52.0 Å². The predicted molar refractivity (Wildman–Crippen MR) is 131 cm³/mol. The number of amides is 3. The largest absolute Gasteiger partial charge is 0.508 e. The number of carbonyl (C=O) groups is 4. The summed E-state index contributed by atoms with van der Waals surface area (Å²) in [5, 5.41) is 26.9. The molecule has 0 saturated heterocycles. The van der Waals surface area contributed by atoms with Crippen LogP contribution in [0.25, 0.3) is 0 Å². The highest BCUT2D eigenvalue weighted by Gasteiger charge is 2.32. The standard InChI is InChI=1S/C24H39N5O6/c1-4-14(2)20(29-21(31)15(3)26)23(33)28-19(13-16-8-10-17(30)11-9-16)22(32)27-18(24(34)35)7-5-6-12-25/h8-11,14-15,18-20,30H,4-7,12-13,25-26H2,1-3H3,(H,27,32)(H,28,33)(H,29,31)(H,34,35). The SMILES string of the molecule is CCC(C)C(NC(=O)C(C)N)C(=O)NC(Cc1ccc(O)cc1)C(=O)NC(CCCCN)C(=O)O. The quantitative estimate of drug-likeness (QED) is 0.166. The molecule has 3 amide bonds. The lowest BCUT2D eigenvalue weighted by Crippen LogP contribution is -2.58. The number of aliphatic carboxylic acids is 1. The lowest BCUT2D eigenvalue weighted by atomic mass is 9.96. The second-order valence-electron chi connectivity index (χ2n) is 8.78. The second-order valence-corrected chi connectivity index (χ2v) is 8.78. The average molecular weight is 494 g/mol. The Morgan fingerprint density at radius 3 is 2.03 bits per heavy atom. The molecule has 0 fully saturated rings. The summed E-state index contributed by atoms with van der Waals surface area (Å²) in [5.41, 5.74) is 11.7. The Balaban J connectivity index is 3.13. The number of carboxylic acids is 1. The summed E-state index contributed by atoms with van der Waals surface area (Å²) in [6.45, 7) is 5.56. The van der Waals surface area contributed by atoms with E-state index in [9.17, 15) is 29.4 Å². The van der Waals surface area contributed by atoms with Crippen molar-refractivity contribution in [2.75, 3.05) is 6.54 Å². The maximum Gasteiger partial charge on any atom is 0.326 e. The van der Waals surface area contributed by atoms with Gasteiger partial charge in [-0.1, -0.05) is 32.4 Å². The highest BCUT2D eigenvalue weighted by Crippen LogP contribution is 2.13. The van der Waals surface area contributed by atoms with E-state index in [1.54, 1.807) is 19.1 Å². The number of phenols is 1. The van der Waals surface area contributed by atoms with Gasteiger partial charge in [-0.3, -0.25) is 14.4 Å². The minimum atomic E-state index is -1.19.